The van der Waals surface area contributed by atoms with E-state index in [9.17, 15) is 0 Å². The third kappa shape index (κ3) is 3.12. The van der Waals surface area contributed by atoms with Crippen LogP contribution < -0.4 is 0 Å². The fraction of sp³-hybridized carbons (Fsp3) is 0.588. The normalized spacial score (nSPS) is 22.0. The molecular formula is C17H23N3OS. The van der Waals surface area contributed by atoms with Gasteiger partial charge in [-0.05, 0) is 41.1 Å². The van der Waals surface area contributed by atoms with E-state index in [-0.39, 0.29) is 0 Å². The number of rotatable bonds is 6. The predicted molar refractivity (Wildman–Crippen MR) is 87.9 cm³/mol. The Morgan fingerprint density at radius 2 is 2.27 bits per heavy atom. The summed E-state index contributed by atoms with van der Waals surface area (Å²) < 4.78 is 8.02. The van der Waals surface area contributed by atoms with Gasteiger partial charge in [0, 0.05) is 44.8 Å². The standard InChI is InChI=1S/C17H23N3OS/c1-19-17-9-20(7-14-4-5-22-12-14)8-15(16(17)6-18-19)11-21-10-13-2-3-13/h4-6,12-13,15H,2-3,7-11H2,1H3. The Morgan fingerprint density at radius 1 is 1.36 bits per heavy atom. The van der Waals surface area contributed by atoms with Gasteiger partial charge in [-0.25, -0.2) is 0 Å². The molecule has 1 aliphatic carbocycles. The van der Waals surface area contributed by atoms with Gasteiger partial charge in [0.1, 0.15) is 0 Å². The average Bonchev–Trinajstić information content (AvgIpc) is 3.05. The van der Waals surface area contributed by atoms with Crippen LogP contribution in [-0.2, 0) is 24.9 Å². The monoisotopic (exact) mass is 317 g/mol. The maximum Gasteiger partial charge on any atom is 0.0557 e. The minimum atomic E-state index is 0.454. The molecule has 0 bridgehead atoms. The molecule has 0 spiro atoms. The quantitative estimate of drug-likeness (QED) is 0.820. The summed E-state index contributed by atoms with van der Waals surface area (Å²) in [7, 11) is 2.05. The smallest absolute Gasteiger partial charge is 0.0557 e. The van der Waals surface area contributed by atoms with Crippen molar-refractivity contribution in [2.24, 2.45) is 13.0 Å². The highest BCUT2D eigenvalue weighted by molar-refractivity contribution is 7.07. The van der Waals surface area contributed by atoms with E-state index < -0.39 is 0 Å². The SMILES string of the molecule is Cn1ncc2c1CN(Cc1ccsc1)CC2COCC1CC1. The molecule has 1 saturated carbocycles. The largest absolute Gasteiger partial charge is 0.380 e. The minimum absolute atomic E-state index is 0.454. The number of nitrogens with zero attached hydrogens (tertiary/aromatic N) is 3. The third-order valence-corrected chi connectivity index (χ3v) is 5.47. The summed E-state index contributed by atoms with van der Waals surface area (Å²) in [6.45, 7) is 4.85. The summed E-state index contributed by atoms with van der Waals surface area (Å²) in [6, 6.07) is 2.22. The van der Waals surface area contributed by atoms with E-state index in [2.05, 4.69) is 33.9 Å². The average molecular weight is 317 g/mol. The Kier molecular flexibility index (Phi) is 4.03. The first kappa shape index (κ1) is 14.4. The van der Waals surface area contributed by atoms with Crippen molar-refractivity contribution in [2.45, 2.75) is 31.8 Å². The zero-order chi connectivity index (χ0) is 14.9. The molecular weight excluding hydrogens is 294 g/mol. The lowest BCUT2D eigenvalue weighted by atomic mass is 9.95. The van der Waals surface area contributed by atoms with E-state index in [0.717, 1.165) is 38.8 Å². The zero-order valence-electron chi connectivity index (χ0n) is 13.1. The molecule has 0 radical (unpaired) electrons. The second-order valence-corrected chi connectivity index (χ2v) is 7.43. The summed E-state index contributed by atoms with van der Waals surface area (Å²) in [6.07, 6.45) is 4.75. The van der Waals surface area contributed by atoms with Crippen molar-refractivity contribution in [2.75, 3.05) is 19.8 Å². The molecule has 3 heterocycles. The molecule has 22 heavy (non-hydrogen) atoms. The molecule has 2 aromatic heterocycles. The number of aromatic nitrogens is 2. The maximum atomic E-state index is 5.99. The molecule has 1 unspecified atom stereocenters. The second-order valence-electron chi connectivity index (χ2n) is 6.65. The van der Waals surface area contributed by atoms with Crippen LogP contribution in [-0.4, -0.2) is 34.4 Å². The number of hydrogen-bond donors (Lipinski definition) is 0. The van der Waals surface area contributed by atoms with E-state index in [0.29, 0.717) is 5.92 Å². The molecule has 1 atom stereocenters. The predicted octanol–water partition coefficient (Wildman–Crippen LogP) is 3.01. The molecule has 118 valence electrons. The van der Waals surface area contributed by atoms with Gasteiger partial charge in [0.25, 0.3) is 0 Å². The first-order valence-electron chi connectivity index (χ1n) is 8.11. The van der Waals surface area contributed by atoms with Gasteiger partial charge < -0.3 is 4.74 Å². The number of ether oxygens (including phenoxy) is 1. The fourth-order valence-corrected chi connectivity index (χ4v) is 3.93. The van der Waals surface area contributed by atoms with Crippen LogP contribution in [0.1, 0.15) is 35.6 Å². The van der Waals surface area contributed by atoms with Crippen LogP contribution in [0.3, 0.4) is 0 Å². The molecule has 2 aromatic rings. The highest BCUT2D eigenvalue weighted by Crippen LogP contribution is 2.32. The number of fused-ring (bicyclic) bond motifs is 1. The van der Waals surface area contributed by atoms with Crippen molar-refractivity contribution < 1.29 is 4.74 Å². The van der Waals surface area contributed by atoms with Crippen molar-refractivity contribution in [1.29, 1.82) is 0 Å². The number of aryl methyl sites for hydroxylation is 1. The van der Waals surface area contributed by atoms with Crippen molar-refractivity contribution in [1.82, 2.24) is 14.7 Å². The van der Waals surface area contributed by atoms with Crippen molar-refractivity contribution >= 4 is 11.3 Å². The van der Waals surface area contributed by atoms with Gasteiger partial charge in [-0.3, -0.25) is 9.58 Å². The first-order valence-corrected chi connectivity index (χ1v) is 9.06. The summed E-state index contributed by atoms with van der Waals surface area (Å²) >= 11 is 1.77. The summed E-state index contributed by atoms with van der Waals surface area (Å²) in [5.41, 5.74) is 4.15. The lowest BCUT2D eigenvalue weighted by Crippen LogP contribution is -2.35. The summed E-state index contributed by atoms with van der Waals surface area (Å²) in [5, 5.41) is 8.88. The van der Waals surface area contributed by atoms with Gasteiger partial charge in [0.15, 0.2) is 0 Å². The Labute approximate surface area is 135 Å². The summed E-state index contributed by atoms with van der Waals surface area (Å²) in [4.78, 5) is 2.53. The summed E-state index contributed by atoms with van der Waals surface area (Å²) in [5.74, 6) is 1.29. The van der Waals surface area contributed by atoms with Crippen LogP contribution in [0, 0.1) is 5.92 Å². The molecule has 1 aliphatic heterocycles. The zero-order valence-corrected chi connectivity index (χ0v) is 13.9. The highest BCUT2D eigenvalue weighted by Gasteiger charge is 2.29. The first-order chi connectivity index (χ1) is 10.8. The molecule has 0 aromatic carbocycles. The fourth-order valence-electron chi connectivity index (χ4n) is 3.27. The minimum Gasteiger partial charge on any atom is -0.380 e. The van der Waals surface area contributed by atoms with Crippen LogP contribution in [0.15, 0.2) is 23.0 Å². The molecule has 1 fully saturated rings. The Balaban J connectivity index is 1.46. The van der Waals surface area contributed by atoms with Gasteiger partial charge in [-0.2, -0.15) is 16.4 Å². The molecule has 0 saturated heterocycles. The molecule has 4 nitrogen and oxygen atoms in total. The van der Waals surface area contributed by atoms with Gasteiger partial charge >= 0.3 is 0 Å². The van der Waals surface area contributed by atoms with Gasteiger partial charge in [-0.15, -0.1) is 0 Å². The van der Waals surface area contributed by atoms with Crippen LogP contribution in [0.4, 0.5) is 0 Å². The second kappa shape index (κ2) is 6.14. The van der Waals surface area contributed by atoms with E-state index in [4.69, 9.17) is 4.74 Å². The Bertz CT molecular complexity index is 618. The molecule has 0 N–H and O–H groups in total. The number of thiophene rings is 1. The highest BCUT2D eigenvalue weighted by atomic mass is 32.1. The van der Waals surface area contributed by atoms with E-state index >= 15 is 0 Å². The van der Waals surface area contributed by atoms with Crippen LogP contribution in [0.2, 0.25) is 0 Å². The lowest BCUT2D eigenvalue weighted by Gasteiger charge is -2.32. The van der Waals surface area contributed by atoms with E-state index in [1.165, 1.54) is 29.7 Å². The molecule has 5 heteroatoms. The Morgan fingerprint density at radius 3 is 3.05 bits per heavy atom. The number of hydrogen-bond acceptors (Lipinski definition) is 4. The van der Waals surface area contributed by atoms with Crippen molar-refractivity contribution in [3.8, 4) is 0 Å². The van der Waals surface area contributed by atoms with Crippen LogP contribution in [0.25, 0.3) is 0 Å². The van der Waals surface area contributed by atoms with Gasteiger partial charge in [0.05, 0.1) is 18.5 Å². The van der Waals surface area contributed by atoms with Crippen molar-refractivity contribution in [3.05, 3.63) is 39.8 Å². The molecule has 0 amide bonds. The van der Waals surface area contributed by atoms with Crippen molar-refractivity contribution in [3.63, 3.8) is 0 Å². The van der Waals surface area contributed by atoms with Crippen LogP contribution in [0.5, 0.6) is 0 Å². The maximum absolute atomic E-state index is 5.99. The van der Waals surface area contributed by atoms with Gasteiger partial charge in [0.2, 0.25) is 0 Å². The van der Waals surface area contributed by atoms with E-state index in [1.54, 1.807) is 11.3 Å². The van der Waals surface area contributed by atoms with Gasteiger partial charge in [-0.1, -0.05) is 0 Å². The molecule has 2 aliphatic rings. The molecule has 4 rings (SSSR count). The van der Waals surface area contributed by atoms with E-state index in [1.807, 2.05) is 10.9 Å². The third-order valence-electron chi connectivity index (χ3n) is 4.74. The topological polar surface area (TPSA) is 30.3 Å². The lowest BCUT2D eigenvalue weighted by molar-refractivity contribution is 0.0885. The van der Waals surface area contributed by atoms with Crippen LogP contribution >= 0.6 is 11.3 Å². The Hall–Kier alpha value is -1.17.